The predicted molar refractivity (Wildman–Crippen MR) is 136 cm³/mol. The minimum atomic E-state index is -0.621. The molecule has 0 radical (unpaired) electrons. The standard InChI is InChI=1S/C25H27F2N7S/c1-15(2)34-16(3)10-19-20(26)11-17(12-22(19)34)24-21(27)14-30-25(32-24)31-23-5-4-18(13-29-23)35-33-8-6-28-7-9-33/h4-5,10-15,28H,6-9H2,1-3H3,(H,29,30,31,32). The maximum absolute atomic E-state index is 15.0. The van der Waals surface area contributed by atoms with Gasteiger partial charge in [0, 0.05) is 60.0 Å². The molecule has 0 aliphatic carbocycles. The smallest absolute Gasteiger partial charge is 0.229 e. The van der Waals surface area contributed by atoms with Gasteiger partial charge in [-0.25, -0.2) is 28.0 Å². The molecule has 0 unspecified atom stereocenters. The van der Waals surface area contributed by atoms with Crippen molar-refractivity contribution in [3.8, 4) is 11.3 Å². The molecule has 5 rings (SSSR count). The van der Waals surface area contributed by atoms with Gasteiger partial charge in [0.15, 0.2) is 5.82 Å². The number of hydrogen-bond donors (Lipinski definition) is 2. The van der Waals surface area contributed by atoms with Gasteiger partial charge in [0.1, 0.15) is 17.3 Å². The van der Waals surface area contributed by atoms with Gasteiger partial charge in [-0.05, 0) is 63.1 Å². The van der Waals surface area contributed by atoms with Crippen LogP contribution in [-0.2, 0) is 0 Å². The average molecular weight is 496 g/mol. The Balaban J connectivity index is 1.40. The molecular formula is C25H27F2N7S. The van der Waals surface area contributed by atoms with Crippen LogP contribution >= 0.6 is 11.9 Å². The van der Waals surface area contributed by atoms with Gasteiger partial charge in [-0.15, -0.1) is 0 Å². The van der Waals surface area contributed by atoms with Gasteiger partial charge >= 0.3 is 0 Å². The van der Waals surface area contributed by atoms with Gasteiger partial charge in [-0.2, -0.15) is 0 Å². The highest BCUT2D eigenvalue weighted by Crippen LogP contribution is 2.32. The topological polar surface area (TPSA) is 70.9 Å². The highest BCUT2D eigenvalue weighted by Gasteiger charge is 2.17. The number of aryl methyl sites for hydroxylation is 1. The maximum atomic E-state index is 15.0. The number of nitrogens with one attached hydrogen (secondary N) is 2. The van der Waals surface area contributed by atoms with Crippen molar-refractivity contribution in [3.05, 3.63) is 60.1 Å². The first-order valence-electron chi connectivity index (χ1n) is 11.6. The predicted octanol–water partition coefficient (Wildman–Crippen LogP) is 5.32. The van der Waals surface area contributed by atoms with Crippen molar-refractivity contribution in [1.82, 2.24) is 29.1 Å². The third-order valence-corrected chi connectivity index (χ3v) is 7.00. The third kappa shape index (κ3) is 5.00. The quantitative estimate of drug-likeness (QED) is 0.351. The molecule has 7 nitrogen and oxygen atoms in total. The number of aromatic nitrogens is 4. The maximum Gasteiger partial charge on any atom is 0.229 e. The zero-order chi connectivity index (χ0) is 24.5. The minimum absolute atomic E-state index is 0.0309. The van der Waals surface area contributed by atoms with Gasteiger partial charge in [0.25, 0.3) is 0 Å². The van der Waals surface area contributed by atoms with Crippen molar-refractivity contribution in [2.75, 3.05) is 31.5 Å². The molecule has 4 aromatic rings. The Hall–Kier alpha value is -3.08. The number of pyridine rings is 1. The normalized spacial score (nSPS) is 14.7. The van der Waals surface area contributed by atoms with Crippen LogP contribution in [-0.4, -0.2) is 50.0 Å². The monoisotopic (exact) mass is 495 g/mol. The van der Waals surface area contributed by atoms with Crippen molar-refractivity contribution >= 4 is 34.6 Å². The molecule has 0 saturated carbocycles. The molecule has 0 atom stereocenters. The Morgan fingerprint density at radius 2 is 1.83 bits per heavy atom. The lowest BCUT2D eigenvalue weighted by Crippen LogP contribution is -2.39. The van der Waals surface area contributed by atoms with Crippen LogP contribution in [0.1, 0.15) is 25.6 Å². The number of fused-ring (bicyclic) bond motifs is 1. The Kier molecular flexibility index (Phi) is 6.68. The highest BCUT2D eigenvalue weighted by molar-refractivity contribution is 7.97. The zero-order valence-corrected chi connectivity index (χ0v) is 20.7. The Morgan fingerprint density at radius 3 is 2.54 bits per heavy atom. The average Bonchev–Trinajstić information content (AvgIpc) is 3.19. The summed E-state index contributed by atoms with van der Waals surface area (Å²) in [6.45, 7) is 9.91. The van der Waals surface area contributed by atoms with Gasteiger partial charge in [0.2, 0.25) is 5.95 Å². The summed E-state index contributed by atoms with van der Waals surface area (Å²) < 4.78 is 34.0. The van der Waals surface area contributed by atoms with Crippen LogP contribution in [0.3, 0.4) is 0 Å². The number of piperazine rings is 1. The van der Waals surface area contributed by atoms with Gasteiger partial charge in [-0.1, -0.05) is 0 Å². The number of nitrogens with zero attached hydrogens (tertiary/aromatic N) is 5. The number of halogens is 2. The molecule has 1 aliphatic heterocycles. The van der Waals surface area contributed by atoms with Gasteiger partial charge in [-0.3, -0.25) is 0 Å². The first-order chi connectivity index (χ1) is 16.9. The van der Waals surface area contributed by atoms with Crippen molar-refractivity contribution in [3.63, 3.8) is 0 Å². The van der Waals surface area contributed by atoms with E-state index in [0.717, 1.165) is 43.0 Å². The van der Waals surface area contributed by atoms with E-state index >= 15 is 0 Å². The van der Waals surface area contributed by atoms with E-state index in [0.29, 0.717) is 22.3 Å². The molecule has 3 aromatic heterocycles. The summed E-state index contributed by atoms with van der Waals surface area (Å²) in [6.07, 6.45) is 2.87. The molecule has 1 aliphatic rings. The largest absolute Gasteiger partial charge is 0.342 e. The minimum Gasteiger partial charge on any atom is -0.342 e. The molecular weight excluding hydrogens is 468 g/mol. The summed E-state index contributed by atoms with van der Waals surface area (Å²) in [5.74, 6) is -0.304. The Labute approximate surface area is 207 Å². The SMILES string of the molecule is Cc1cc2c(F)cc(-c3nc(Nc4ccc(SN5CCNCC5)cn4)ncc3F)cc2n1C(C)C. The van der Waals surface area contributed by atoms with Gasteiger partial charge in [0.05, 0.1) is 11.7 Å². The first-order valence-corrected chi connectivity index (χ1v) is 12.4. The zero-order valence-electron chi connectivity index (χ0n) is 19.8. The fraction of sp³-hybridized carbons (Fsp3) is 0.320. The summed E-state index contributed by atoms with van der Waals surface area (Å²) in [6, 6.07) is 8.85. The second kappa shape index (κ2) is 9.88. The van der Waals surface area contributed by atoms with Crippen LogP contribution in [0.25, 0.3) is 22.2 Å². The van der Waals surface area contributed by atoms with E-state index in [2.05, 4.69) is 29.9 Å². The fourth-order valence-electron chi connectivity index (χ4n) is 4.37. The van der Waals surface area contributed by atoms with Crippen LogP contribution in [0.15, 0.2) is 47.6 Å². The molecule has 2 N–H and O–H groups in total. The lowest BCUT2D eigenvalue weighted by atomic mass is 10.1. The number of anilines is 2. The second-order valence-electron chi connectivity index (χ2n) is 8.80. The van der Waals surface area contributed by atoms with Gasteiger partial charge < -0.3 is 15.2 Å². The van der Waals surface area contributed by atoms with E-state index < -0.39 is 11.6 Å². The van der Waals surface area contributed by atoms with Crippen molar-refractivity contribution in [2.24, 2.45) is 0 Å². The molecule has 0 bridgehead atoms. The molecule has 1 fully saturated rings. The summed E-state index contributed by atoms with van der Waals surface area (Å²) >= 11 is 1.67. The van der Waals surface area contributed by atoms with Crippen molar-refractivity contribution in [2.45, 2.75) is 31.7 Å². The first kappa shape index (κ1) is 23.7. The summed E-state index contributed by atoms with van der Waals surface area (Å²) in [5, 5.41) is 6.87. The van der Waals surface area contributed by atoms with Crippen LogP contribution < -0.4 is 10.6 Å². The summed E-state index contributed by atoms with van der Waals surface area (Å²) in [5.41, 5.74) is 2.04. The number of hydrogen-bond acceptors (Lipinski definition) is 7. The van der Waals surface area contributed by atoms with E-state index in [1.807, 2.05) is 43.5 Å². The fourth-order valence-corrected chi connectivity index (χ4v) is 5.27. The van der Waals surface area contributed by atoms with Crippen molar-refractivity contribution in [1.29, 1.82) is 0 Å². The van der Waals surface area contributed by atoms with E-state index in [1.165, 1.54) is 6.07 Å². The highest BCUT2D eigenvalue weighted by atomic mass is 32.2. The van der Waals surface area contributed by atoms with Crippen LogP contribution in [0.2, 0.25) is 0 Å². The van der Waals surface area contributed by atoms with Crippen LogP contribution in [0.5, 0.6) is 0 Å². The Bertz CT molecular complexity index is 1350. The number of rotatable bonds is 6. The molecule has 1 aromatic carbocycles. The van der Waals surface area contributed by atoms with E-state index in [-0.39, 0.29) is 17.7 Å². The molecule has 1 saturated heterocycles. The van der Waals surface area contributed by atoms with Crippen molar-refractivity contribution < 1.29 is 8.78 Å². The molecule has 182 valence electrons. The lowest BCUT2D eigenvalue weighted by Gasteiger charge is -2.25. The summed E-state index contributed by atoms with van der Waals surface area (Å²) in [7, 11) is 0. The number of benzene rings is 1. The summed E-state index contributed by atoms with van der Waals surface area (Å²) in [4.78, 5) is 13.9. The molecule has 35 heavy (non-hydrogen) atoms. The molecule has 4 heterocycles. The van der Waals surface area contributed by atoms with Crippen LogP contribution in [0.4, 0.5) is 20.5 Å². The third-order valence-electron chi connectivity index (χ3n) is 5.92. The van der Waals surface area contributed by atoms with E-state index in [1.54, 1.807) is 24.2 Å². The molecule has 10 heteroatoms. The second-order valence-corrected chi connectivity index (χ2v) is 9.98. The van der Waals surface area contributed by atoms with Crippen LogP contribution in [0, 0.1) is 18.6 Å². The molecule has 0 spiro atoms. The Morgan fingerprint density at radius 1 is 1.03 bits per heavy atom. The molecule has 0 amide bonds. The van der Waals surface area contributed by atoms with E-state index in [9.17, 15) is 8.78 Å². The lowest BCUT2D eigenvalue weighted by molar-refractivity contribution is 0.396. The van der Waals surface area contributed by atoms with E-state index in [4.69, 9.17) is 0 Å².